The van der Waals surface area contributed by atoms with Gasteiger partial charge < -0.3 is 40.7 Å². The Kier molecular flexibility index (Phi) is 14.2. The number of hydrogen-bond acceptors (Lipinski definition) is 11. The van der Waals surface area contributed by atoms with Gasteiger partial charge in [-0.3, -0.25) is 33.7 Å². The molecule has 0 radical (unpaired) electrons. The Bertz CT molecular complexity index is 1470. The zero-order valence-corrected chi connectivity index (χ0v) is 28.7. The molecule has 16 nitrogen and oxygen atoms in total. The molecule has 1 aromatic rings. The number of aliphatic hydroxyl groups excluding tert-OH is 2. The summed E-state index contributed by atoms with van der Waals surface area (Å²) in [5.74, 6) is -5.36. The number of amides is 5. The summed E-state index contributed by atoms with van der Waals surface area (Å²) >= 11 is 0. The molecule has 0 spiro atoms. The van der Waals surface area contributed by atoms with Gasteiger partial charge >= 0.3 is 11.9 Å². The molecule has 50 heavy (non-hydrogen) atoms. The molecule has 3 rings (SSSR count). The fourth-order valence-corrected chi connectivity index (χ4v) is 5.41. The van der Waals surface area contributed by atoms with E-state index in [1.54, 1.807) is 32.0 Å². The summed E-state index contributed by atoms with van der Waals surface area (Å²) in [7, 11) is 0. The largest absolute Gasteiger partial charge is 0.479 e. The first-order valence-electron chi connectivity index (χ1n) is 16.4. The highest BCUT2D eigenvalue weighted by molar-refractivity contribution is 6.14. The topological polar surface area (TPSA) is 238 Å². The quantitative estimate of drug-likeness (QED) is 0.1000. The molecule has 1 fully saturated rings. The number of carbonyl (C=O) groups excluding carboxylic acids is 6. The molecule has 0 saturated carbocycles. The van der Waals surface area contributed by atoms with Crippen LogP contribution >= 0.6 is 0 Å². The summed E-state index contributed by atoms with van der Waals surface area (Å²) in [5, 5.41) is 37.6. The Morgan fingerprint density at radius 3 is 2.20 bits per heavy atom. The van der Waals surface area contributed by atoms with Gasteiger partial charge in [0.05, 0.1) is 18.3 Å². The molecule has 5 amide bonds. The van der Waals surface area contributed by atoms with E-state index in [1.165, 1.54) is 6.92 Å². The maximum atomic E-state index is 13.2. The predicted molar refractivity (Wildman–Crippen MR) is 176 cm³/mol. The second kappa shape index (κ2) is 17.8. The van der Waals surface area contributed by atoms with Crippen LogP contribution < -0.4 is 16.0 Å². The Morgan fingerprint density at radius 2 is 1.60 bits per heavy atom. The van der Waals surface area contributed by atoms with Gasteiger partial charge in [0.15, 0.2) is 6.10 Å². The normalized spacial score (nSPS) is 21.6. The number of nitrogens with one attached hydrogen (secondary N) is 3. The lowest BCUT2D eigenvalue weighted by atomic mass is 9.93. The first-order chi connectivity index (χ1) is 23.5. The van der Waals surface area contributed by atoms with Crippen LogP contribution in [-0.2, 0) is 56.1 Å². The third-order valence-corrected chi connectivity index (χ3v) is 8.18. The zero-order chi connectivity index (χ0) is 37.3. The Balaban J connectivity index is 1.69. The molecule has 0 bridgehead atoms. The van der Waals surface area contributed by atoms with Crippen LogP contribution in [0.5, 0.6) is 0 Å². The average Bonchev–Trinajstić information content (AvgIpc) is 3.33. The number of carboxylic acid groups (broad SMARTS) is 1. The van der Waals surface area contributed by atoms with E-state index in [0.29, 0.717) is 16.8 Å². The SMILES string of the molecule is CC(C)CC(=O)OCc1ccc(NC(=O)[C@H](C)NC(=O)[C@@H](NC(=O)CN2C(=O)C=CC2=O)C(C)C)cc1CC[C@@H]1O[C@H](C(=O)O)[C@@H](O)C[C@H]1O. The van der Waals surface area contributed by atoms with Crippen LogP contribution in [-0.4, -0.2) is 105 Å². The van der Waals surface area contributed by atoms with E-state index in [-0.39, 0.29) is 38.2 Å². The summed E-state index contributed by atoms with van der Waals surface area (Å²) in [6.45, 7) is 7.90. The van der Waals surface area contributed by atoms with Crippen molar-refractivity contribution < 1.29 is 58.4 Å². The summed E-state index contributed by atoms with van der Waals surface area (Å²) in [6.07, 6.45) is -2.42. The average molecular weight is 703 g/mol. The van der Waals surface area contributed by atoms with Gasteiger partial charge in [0.25, 0.3) is 11.8 Å². The van der Waals surface area contributed by atoms with Gasteiger partial charge in [-0.2, -0.15) is 0 Å². The number of esters is 1. The number of carbonyl (C=O) groups is 7. The summed E-state index contributed by atoms with van der Waals surface area (Å²) < 4.78 is 10.9. The minimum Gasteiger partial charge on any atom is -0.479 e. The van der Waals surface area contributed by atoms with Gasteiger partial charge in [-0.25, -0.2) is 4.79 Å². The van der Waals surface area contributed by atoms with E-state index in [4.69, 9.17) is 9.47 Å². The number of aryl methyl sites for hydroxylation is 1. The van der Waals surface area contributed by atoms with E-state index >= 15 is 0 Å². The first kappa shape index (κ1) is 39.8. The lowest BCUT2D eigenvalue weighted by molar-refractivity contribution is -0.193. The lowest BCUT2D eigenvalue weighted by Crippen LogP contribution is -2.55. The van der Waals surface area contributed by atoms with Crippen LogP contribution in [0, 0.1) is 11.8 Å². The Morgan fingerprint density at radius 1 is 0.940 bits per heavy atom. The second-order valence-electron chi connectivity index (χ2n) is 13.2. The van der Waals surface area contributed by atoms with Crippen molar-refractivity contribution in [2.75, 3.05) is 11.9 Å². The van der Waals surface area contributed by atoms with E-state index < -0.39 is 90.4 Å². The number of hydrogen-bond donors (Lipinski definition) is 6. The van der Waals surface area contributed by atoms with Crippen LogP contribution in [0.25, 0.3) is 0 Å². The van der Waals surface area contributed by atoms with Crippen LogP contribution in [0.2, 0.25) is 0 Å². The van der Waals surface area contributed by atoms with E-state index in [0.717, 1.165) is 17.1 Å². The van der Waals surface area contributed by atoms with E-state index in [1.807, 2.05) is 13.8 Å². The van der Waals surface area contributed by atoms with Crippen molar-refractivity contribution in [2.45, 2.75) is 103 Å². The minimum absolute atomic E-state index is 0.0784. The number of anilines is 1. The molecule has 2 aliphatic heterocycles. The molecule has 6 N–H and O–H groups in total. The highest BCUT2D eigenvalue weighted by Crippen LogP contribution is 2.26. The van der Waals surface area contributed by atoms with Crippen molar-refractivity contribution in [3.63, 3.8) is 0 Å². The van der Waals surface area contributed by atoms with Crippen molar-refractivity contribution in [3.05, 3.63) is 41.5 Å². The molecule has 0 aromatic heterocycles. The standard InChI is InChI=1S/C34H46N4O12/c1-17(2)12-29(44)49-16-21-6-8-22(13-20(21)7-9-25-23(39)14-24(40)31(50-25)34(47)48)36-32(45)19(5)35-33(46)30(18(3)4)37-26(41)15-38-27(42)10-11-28(38)43/h6,8,10-11,13,17-19,23-25,30-31,39-40H,7,9,12,14-16H2,1-5H3,(H,35,46)(H,36,45)(H,37,41)(H,47,48)/t19-,23+,24-,25-,30-,31-/m0/s1. The number of rotatable bonds is 16. The van der Waals surface area contributed by atoms with E-state index in [2.05, 4.69) is 16.0 Å². The van der Waals surface area contributed by atoms with Crippen molar-refractivity contribution >= 4 is 47.2 Å². The smallest absolute Gasteiger partial charge is 0.335 e. The maximum absolute atomic E-state index is 13.2. The van der Waals surface area contributed by atoms with Gasteiger partial charge in [0.1, 0.15) is 25.2 Å². The number of benzene rings is 1. The van der Waals surface area contributed by atoms with Crippen molar-refractivity contribution in [2.24, 2.45) is 11.8 Å². The number of nitrogens with zero attached hydrogens (tertiary/aromatic N) is 1. The van der Waals surface area contributed by atoms with Crippen LogP contribution in [0.3, 0.4) is 0 Å². The molecule has 2 heterocycles. The number of aliphatic carboxylic acids is 1. The Hall–Kier alpha value is -4.67. The molecule has 6 atom stereocenters. The Labute approximate surface area is 289 Å². The molecule has 0 aliphatic carbocycles. The number of ether oxygens (including phenoxy) is 2. The predicted octanol–water partition coefficient (Wildman–Crippen LogP) is 0.181. The van der Waals surface area contributed by atoms with Crippen molar-refractivity contribution in [3.8, 4) is 0 Å². The highest BCUT2D eigenvalue weighted by atomic mass is 16.5. The van der Waals surface area contributed by atoms with Crippen molar-refractivity contribution in [1.29, 1.82) is 0 Å². The zero-order valence-electron chi connectivity index (χ0n) is 28.7. The van der Waals surface area contributed by atoms with E-state index in [9.17, 15) is 48.9 Å². The number of imide groups is 1. The molecule has 274 valence electrons. The fraction of sp³-hybridized carbons (Fsp3) is 0.559. The lowest BCUT2D eigenvalue weighted by Gasteiger charge is -2.35. The molecule has 1 saturated heterocycles. The minimum atomic E-state index is -1.50. The number of aliphatic hydroxyl groups is 2. The summed E-state index contributed by atoms with van der Waals surface area (Å²) in [6, 6.07) is 2.70. The third-order valence-electron chi connectivity index (χ3n) is 8.18. The van der Waals surface area contributed by atoms with Gasteiger partial charge in [0, 0.05) is 30.7 Å². The number of carboxylic acids is 1. The van der Waals surface area contributed by atoms with Crippen LogP contribution in [0.15, 0.2) is 30.4 Å². The van der Waals surface area contributed by atoms with Gasteiger partial charge in [0.2, 0.25) is 17.7 Å². The van der Waals surface area contributed by atoms with Crippen molar-refractivity contribution in [1.82, 2.24) is 15.5 Å². The molecular weight excluding hydrogens is 656 g/mol. The fourth-order valence-electron chi connectivity index (χ4n) is 5.41. The van der Waals surface area contributed by atoms with Gasteiger partial charge in [-0.05, 0) is 54.9 Å². The monoisotopic (exact) mass is 702 g/mol. The molecule has 0 unspecified atom stereocenters. The van der Waals surface area contributed by atoms with Crippen LogP contribution in [0.4, 0.5) is 5.69 Å². The third kappa shape index (κ3) is 11.2. The molecule has 1 aromatic carbocycles. The molecule has 16 heteroatoms. The van der Waals surface area contributed by atoms with Gasteiger partial charge in [-0.1, -0.05) is 33.8 Å². The molecular formula is C34H46N4O12. The second-order valence-corrected chi connectivity index (χ2v) is 13.2. The highest BCUT2D eigenvalue weighted by Gasteiger charge is 2.40. The molecule has 2 aliphatic rings. The maximum Gasteiger partial charge on any atom is 0.335 e. The van der Waals surface area contributed by atoms with Crippen LogP contribution in [0.1, 0.15) is 65.0 Å². The first-order valence-corrected chi connectivity index (χ1v) is 16.4. The summed E-state index contributed by atoms with van der Waals surface area (Å²) in [5.41, 5.74) is 1.54. The summed E-state index contributed by atoms with van der Waals surface area (Å²) in [4.78, 5) is 86.9. The van der Waals surface area contributed by atoms with Gasteiger partial charge in [-0.15, -0.1) is 0 Å².